The molecule has 1 aromatic carbocycles. The van der Waals surface area contributed by atoms with E-state index in [1.807, 2.05) is 6.07 Å². The first-order valence-corrected chi connectivity index (χ1v) is 6.58. The smallest absolute Gasteiger partial charge is 0.173 e. The van der Waals surface area contributed by atoms with E-state index in [9.17, 15) is 0 Å². The predicted octanol–water partition coefficient (Wildman–Crippen LogP) is 1.81. The molecule has 1 atom stereocenters. The normalized spacial score (nSPS) is 23.4. The van der Waals surface area contributed by atoms with E-state index >= 15 is 0 Å². The van der Waals surface area contributed by atoms with Gasteiger partial charge in [0.1, 0.15) is 0 Å². The Morgan fingerprint density at radius 2 is 2.24 bits per heavy atom. The van der Waals surface area contributed by atoms with Crippen LogP contribution in [0.2, 0.25) is 0 Å². The average Bonchev–Trinajstić information content (AvgIpc) is 2.83. The highest BCUT2D eigenvalue weighted by atomic mass is 32.1. The second kappa shape index (κ2) is 4.63. The fourth-order valence-electron chi connectivity index (χ4n) is 2.58. The molecule has 1 fully saturated rings. The maximum Gasteiger partial charge on any atom is 0.173 e. The molecule has 4 heteroatoms. The third-order valence-electron chi connectivity index (χ3n) is 3.55. The lowest BCUT2D eigenvalue weighted by Crippen LogP contribution is -2.41. The number of benzene rings is 1. The lowest BCUT2D eigenvalue weighted by molar-refractivity contribution is 0.346. The van der Waals surface area contributed by atoms with Gasteiger partial charge in [0.2, 0.25) is 0 Å². The molecule has 1 aromatic rings. The summed E-state index contributed by atoms with van der Waals surface area (Å²) in [6.45, 7) is 4.28. The summed E-state index contributed by atoms with van der Waals surface area (Å²) in [6.07, 6.45) is 1.26. The number of para-hydroxylation sites is 1. The molecule has 2 N–H and O–H groups in total. The van der Waals surface area contributed by atoms with Crippen molar-refractivity contribution >= 4 is 23.0 Å². The first-order valence-electron chi connectivity index (χ1n) is 6.17. The van der Waals surface area contributed by atoms with Gasteiger partial charge in [-0.15, -0.1) is 0 Å². The molecule has 3 nitrogen and oxygen atoms in total. The molecule has 0 spiro atoms. The molecule has 1 unspecified atom stereocenters. The fraction of sp³-hybridized carbons (Fsp3) is 0.462. The van der Waals surface area contributed by atoms with E-state index in [1.165, 1.54) is 17.7 Å². The molecule has 0 radical (unpaired) electrons. The van der Waals surface area contributed by atoms with Crippen molar-refractivity contribution < 1.29 is 0 Å². The van der Waals surface area contributed by atoms with E-state index in [4.69, 9.17) is 12.2 Å². The van der Waals surface area contributed by atoms with Crippen LogP contribution >= 0.6 is 12.2 Å². The zero-order valence-corrected chi connectivity index (χ0v) is 10.6. The summed E-state index contributed by atoms with van der Waals surface area (Å²) in [5.74, 6) is 0.736. The fourth-order valence-corrected chi connectivity index (χ4v) is 2.83. The van der Waals surface area contributed by atoms with E-state index in [-0.39, 0.29) is 0 Å². The number of rotatable bonds is 2. The van der Waals surface area contributed by atoms with E-state index in [1.54, 1.807) is 0 Å². The number of fused-ring (bicyclic) bond motifs is 1. The van der Waals surface area contributed by atoms with Gasteiger partial charge in [0.15, 0.2) is 5.11 Å². The Bertz CT molecular complexity index is 426. The van der Waals surface area contributed by atoms with Crippen LogP contribution in [0.4, 0.5) is 5.69 Å². The Hall–Kier alpha value is -1.13. The van der Waals surface area contributed by atoms with Crippen LogP contribution in [0.25, 0.3) is 0 Å². The van der Waals surface area contributed by atoms with E-state index in [2.05, 4.69) is 33.7 Å². The van der Waals surface area contributed by atoms with Gasteiger partial charge in [-0.05, 0) is 49.3 Å². The molecular formula is C13H17N3S. The summed E-state index contributed by atoms with van der Waals surface area (Å²) >= 11 is 5.43. The van der Waals surface area contributed by atoms with Crippen molar-refractivity contribution in [2.24, 2.45) is 5.92 Å². The Morgan fingerprint density at radius 1 is 1.35 bits per heavy atom. The first kappa shape index (κ1) is 11.0. The van der Waals surface area contributed by atoms with Gasteiger partial charge < -0.3 is 15.5 Å². The topological polar surface area (TPSA) is 27.3 Å². The molecule has 3 rings (SSSR count). The summed E-state index contributed by atoms with van der Waals surface area (Å²) in [5.41, 5.74) is 2.50. The van der Waals surface area contributed by atoms with Crippen LogP contribution in [0.5, 0.6) is 0 Å². The standard InChI is InChI=1S/C13H17N3S/c17-13-15-12-4-2-1-3-11(12)9-16(13)8-10-5-6-14-7-10/h1-4,10,14H,5-9H2,(H,15,17). The molecule has 2 aliphatic heterocycles. The minimum Gasteiger partial charge on any atom is -0.344 e. The van der Waals surface area contributed by atoms with Gasteiger partial charge in [-0.3, -0.25) is 0 Å². The molecule has 2 heterocycles. The summed E-state index contributed by atoms with van der Waals surface area (Å²) in [4.78, 5) is 2.29. The molecule has 17 heavy (non-hydrogen) atoms. The molecule has 2 aliphatic rings. The number of hydrogen-bond donors (Lipinski definition) is 2. The molecule has 0 bridgehead atoms. The maximum atomic E-state index is 5.43. The lowest BCUT2D eigenvalue weighted by Gasteiger charge is -2.33. The number of anilines is 1. The van der Waals surface area contributed by atoms with Crippen LogP contribution in [0.3, 0.4) is 0 Å². The van der Waals surface area contributed by atoms with Crippen molar-refractivity contribution in [3.05, 3.63) is 29.8 Å². The van der Waals surface area contributed by atoms with Crippen LogP contribution in [0.1, 0.15) is 12.0 Å². The van der Waals surface area contributed by atoms with Crippen molar-refractivity contribution in [2.45, 2.75) is 13.0 Å². The minimum absolute atomic E-state index is 0.736. The molecule has 0 amide bonds. The van der Waals surface area contributed by atoms with Crippen molar-refractivity contribution in [3.63, 3.8) is 0 Å². The van der Waals surface area contributed by atoms with Crippen molar-refractivity contribution in [3.8, 4) is 0 Å². The van der Waals surface area contributed by atoms with Crippen molar-refractivity contribution in [1.29, 1.82) is 0 Å². The summed E-state index contributed by atoms with van der Waals surface area (Å²) in [5, 5.41) is 7.60. The highest BCUT2D eigenvalue weighted by Crippen LogP contribution is 2.24. The largest absolute Gasteiger partial charge is 0.344 e. The van der Waals surface area contributed by atoms with Crippen LogP contribution in [-0.2, 0) is 6.54 Å². The Labute approximate surface area is 107 Å². The molecule has 90 valence electrons. The van der Waals surface area contributed by atoms with Gasteiger partial charge in [0, 0.05) is 18.8 Å². The summed E-state index contributed by atoms with van der Waals surface area (Å²) in [6, 6.07) is 8.40. The van der Waals surface area contributed by atoms with E-state index < -0.39 is 0 Å². The molecule has 0 aliphatic carbocycles. The van der Waals surface area contributed by atoms with E-state index in [0.29, 0.717) is 0 Å². The van der Waals surface area contributed by atoms with E-state index in [0.717, 1.165) is 37.2 Å². The quantitative estimate of drug-likeness (QED) is 0.780. The van der Waals surface area contributed by atoms with Crippen LogP contribution < -0.4 is 10.6 Å². The van der Waals surface area contributed by atoms with Gasteiger partial charge in [-0.25, -0.2) is 0 Å². The highest BCUT2D eigenvalue weighted by Gasteiger charge is 2.23. The second-order valence-electron chi connectivity index (χ2n) is 4.83. The number of nitrogens with zero attached hydrogens (tertiary/aromatic N) is 1. The molecular weight excluding hydrogens is 230 g/mol. The zero-order chi connectivity index (χ0) is 11.7. The van der Waals surface area contributed by atoms with Gasteiger partial charge in [-0.2, -0.15) is 0 Å². The maximum absolute atomic E-state index is 5.43. The summed E-state index contributed by atoms with van der Waals surface area (Å²) < 4.78 is 0. The Kier molecular flexibility index (Phi) is 2.99. The highest BCUT2D eigenvalue weighted by molar-refractivity contribution is 7.80. The monoisotopic (exact) mass is 247 g/mol. The van der Waals surface area contributed by atoms with Crippen molar-refractivity contribution in [2.75, 3.05) is 25.0 Å². The van der Waals surface area contributed by atoms with Crippen molar-refractivity contribution in [1.82, 2.24) is 10.2 Å². The molecule has 0 saturated carbocycles. The number of nitrogens with one attached hydrogen (secondary N) is 2. The number of hydrogen-bond acceptors (Lipinski definition) is 2. The number of thiocarbonyl (C=S) groups is 1. The van der Waals surface area contributed by atoms with Crippen LogP contribution in [0, 0.1) is 5.92 Å². The van der Waals surface area contributed by atoms with Gasteiger partial charge in [-0.1, -0.05) is 18.2 Å². The Balaban J connectivity index is 1.72. The van der Waals surface area contributed by atoms with Crippen LogP contribution in [-0.4, -0.2) is 29.6 Å². The first-order chi connectivity index (χ1) is 8.33. The average molecular weight is 247 g/mol. The lowest BCUT2D eigenvalue weighted by atomic mass is 10.1. The third kappa shape index (κ3) is 2.28. The molecule has 0 aromatic heterocycles. The second-order valence-corrected chi connectivity index (χ2v) is 5.21. The molecule has 1 saturated heterocycles. The zero-order valence-electron chi connectivity index (χ0n) is 9.78. The SMILES string of the molecule is S=C1Nc2ccccc2CN1CC1CCNC1. The summed E-state index contributed by atoms with van der Waals surface area (Å²) in [7, 11) is 0. The predicted molar refractivity (Wildman–Crippen MR) is 74.0 cm³/mol. The Morgan fingerprint density at radius 3 is 3.06 bits per heavy atom. The van der Waals surface area contributed by atoms with Gasteiger partial charge in [0.25, 0.3) is 0 Å². The minimum atomic E-state index is 0.736. The van der Waals surface area contributed by atoms with Gasteiger partial charge in [0.05, 0.1) is 0 Å². The van der Waals surface area contributed by atoms with Gasteiger partial charge >= 0.3 is 0 Å². The van der Waals surface area contributed by atoms with Crippen LogP contribution in [0.15, 0.2) is 24.3 Å². The third-order valence-corrected chi connectivity index (χ3v) is 3.91.